The van der Waals surface area contributed by atoms with E-state index in [-0.39, 0.29) is 0 Å². The Bertz CT molecular complexity index is 546. The first kappa shape index (κ1) is 23.7. The van der Waals surface area contributed by atoms with Crippen LogP contribution in [0.25, 0.3) is 0 Å². The van der Waals surface area contributed by atoms with Crippen LogP contribution in [0, 0.1) is 23.7 Å². The van der Waals surface area contributed by atoms with E-state index in [4.69, 9.17) is 4.74 Å². The van der Waals surface area contributed by atoms with Crippen LogP contribution in [-0.4, -0.2) is 6.61 Å². The van der Waals surface area contributed by atoms with Crippen LogP contribution >= 0.6 is 0 Å². The lowest BCUT2D eigenvalue weighted by molar-refractivity contribution is 0.228. The summed E-state index contributed by atoms with van der Waals surface area (Å²) < 4.78 is 6.04. The zero-order valence-electron chi connectivity index (χ0n) is 20.0. The van der Waals surface area contributed by atoms with Gasteiger partial charge in [0.25, 0.3) is 0 Å². The van der Waals surface area contributed by atoms with Crippen molar-refractivity contribution in [3.8, 4) is 5.75 Å². The molecule has 0 saturated heterocycles. The fourth-order valence-electron chi connectivity index (χ4n) is 5.92. The van der Waals surface area contributed by atoms with Crippen LogP contribution in [-0.2, 0) is 6.42 Å². The third kappa shape index (κ3) is 8.27. The van der Waals surface area contributed by atoms with E-state index in [9.17, 15) is 0 Å². The van der Waals surface area contributed by atoms with E-state index in [1.54, 1.807) is 0 Å². The lowest BCUT2D eigenvalue weighted by Crippen LogP contribution is -2.15. The summed E-state index contributed by atoms with van der Waals surface area (Å²) in [5.41, 5.74) is 1.49. The van der Waals surface area contributed by atoms with E-state index in [0.29, 0.717) is 0 Å². The molecule has 1 heteroatoms. The Morgan fingerprint density at radius 2 is 1.20 bits per heavy atom. The van der Waals surface area contributed by atoms with Crippen LogP contribution in [0.1, 0.15) is 116 Å². The summed E-state index contributed by atoms with van der Waals surface area (Å²) in [6, 6.07) is 8.99. The number of benzene rings is 1. The van der Waals surface area contributed by atoms with Gasteiger partial charge in [-0.1, -0.05) is 103 Å². The Labute approximate surface area is 187 Å². The molecule has 3 rings (SSSR count). The van der Waals surface area contributed by atoms with Gasteiger partial charge in [-0.05, 0) is 67.1 Å². The predicted octanol–water partition coefficient (Wildman–Crippen LogP) is 8.99. The summed E-state index contributed by atoms with van der Waals surface area (Å²) in [6.07, 6.45) is 22.6. The first-order valence-corrected chi connectivity index (χ1v) is 13.5. The van der Waals surface area contributed by atoms with Crippen molar-refractivity contribution < 1.29 is 4.74 Å². The van der Waals surface area contributed by atoms with E-state index >= 15 is 0 Å². The lowest BCUT2D eigenvalue weighted by Gasteiger charge is -2.28. The fourth-order valence-corrected chi connectivity index (χ4v) is 5.92. The van der Waals surface area contributed by atoms with Crippen LogP contribution in [0.3, 0.4) is 0 Å². The minimum Gasteiger partial charge on any atom is -0.494 e. The molecule has 1 nitrogen and oxygen atoms in total. The number of aryl methyl sites for hydroxylation is 1. The van der Waals surface area contributed by atoms with Crippen molar-refractivity contribution in [2.24, 2.45) is 23.7 Å². The van der Waals surface area contributed by atoms with E-state index < -0.39 is 0 Å². The molecule has 0 atom stereocenters. The Hall–Kier alpha value is -0.980. The lowest BCUT2D eigenvalue weighted by atomic mass is 9.78. The van der Waals surface area contributed by atoms with Crippen LogP contribution in [0.15, 0.2) is 24.3 Å². The summed E-state index contributed by atoms with van der Waals surface area (Å²) >= 11 is 0. The smallest absolute Gasteiger partial charge is 0.119 e. The maximum absolute atomic E-state index is 6.04. The topological polar surface area (TPSA) is 9.23 Å². The minimum absolute atomic E-state index is 0.885. The van der Waals surface area contributed by atoms with Crippen molar-refractivity contribution in [2.75, 3.05) is 6.61 Å². The zero-order chi connectivity index (χ0) is 21.0. The number of ether oxygens (including phenoxy) is 1. The standard InChI is InChI=1S/C29H48O/c1-3-5-7-25-13-15-26(16-14-25)8-6-23-30-29-21-19-28(20-22-29)18-17-27-11-9-24(4-2)10-12-27/h19-22,24-27H,3-18,23H2,1-2H3. The molecule has 0 N–H and O–H groups in total. The highest BCUT2D eigenvalue weighted by atomic mass is 16.5. The van der Waals surface area contributed by atoms with Crippen LogP contribution < -0.4 is 4.74 Å². The highest BCUT2D eigenvalue weighted by Gasteiger charge is 2.21. The molecule has 2 aliphatic carbocycles. The molecule has 2 fully saturated rings. The Morgan fingerprint density at radius 1 is 0.667 bits per heavy atom. The third-order valence-corrected chi connectivity index (χ3v) is 8.27. The van der Waals surface area contributed by atoms with Crippen molar-refractivity contribution in [1.82, 2.24) is 0 Å². The van der Waals surface area contributed by atoms with Crippen LogP contribution in [0.2, 0.25) is 0 Å². The molecule has 0 aromatic heterocycles. The van der Waals surface area contributed by atoms with Gasteiger partial charge < -0.3 is 4.74 Å². The van der Waals surface area contributed by atoms with Crippen molar-refractivity contribution in [1.29, 1.82) is 0 Å². The molecular weight excluding hydrogens is 364 g/mol. The van der Waals surface area contributed by atoms with E-state index in [2.05, 4.69) is 38.1 Å². The molecule has 0 unspecified atom stereocenters. The van der Waals surface area contributed by atoms with E-state index in [1.165, 1.54) is 108 Å². The maximum Gasteiger partial charge on any atom is 0.119 e. The SMILES string of the molecule is CCCCC1CCC(CCCOc2ccc(CCC3CCC(CC)CC3)cc2)CC1. The van der Waals surface area contributed by atoms with Gasteiger partial charge in [0.2, 0.25) is 0 Å². The second-order valence-electron chi connectivity index (χ2n) is 10.5. The number of rotatable bonds is 12. The molecule has 0 bridgehead atoms. The molecule has 2 saturated carbocycles. The second-order valence-corrected chi connectivity index (χ2v) is 10.5. The van der Waals surface area contributed by atoms with Gasteiger partial charge in [0.1, 0.15) is 5.75 Å². The first-order valence-electron chi connectivity index (χ1n) is 13.5. The van der Waals surface area contributed by atoms with E-state index in [0.717, 1.165) is 36.0 Å². The third-order valence-electron chi connectivity index (χ3n) is 8.27. The zero-order valence-corrected chi connectivity index (χ0v) is 20.0. The van der Waals surface area contributed by atoms with Gasteiger partial charge in [-0.15, -0.1) is 0 Å². The molecule has 0 spiro atoms. The molecule has 0 aliphatic heterocycles. The van der Waals surface area contributed by atoms with Gasteiger partial charge in [0.15, 0.2) is 0 Å². The highest BCUT2D eigenvalue weighted by Crippen LogP contribution is 2.34. The predicted molar refractivity (Wildman–Crippen MR) is 130 cm³/mol. The largest absolute Gasteiger partial charge is 0.494 e. The molecule has 2 aliphatic rings. The maximum atomic E-state index is 6.04. The van der Waals surface area contributed by atoms with Gasteiger partial charge in [-0.2, -0.15) is 0 Å². The van der Waals surface area contributed by atoms with Gasteiger partial charge in [-0.25, -0.2) is 0 Å². The highest BCUT2D eigenvalue weighted by molar-refractivity contribution is 5.27. The molecule has 1 aromatic rings. The monoisotopic (exact) mass is 412 g/mol. The van der Waals surface area contributed by atoms with Crippen LogP contribution in [0.5, 0.6) is 5.75 Å². The summed E-state index contributed by atoms with van der Waals surface area (Å²) in [6.45, 7) is 5.56. The first-order chi connectivity index (χ1) is 14.8. The average molecular weight is 413 g/mol. The molecule has 1 aromatic carbocycles. The van der Waals surface area contributed by atoms with Gasteiger partial charge in [0.05, 0.1) is 6.61 Å². The quantitative estimate of drug-likeness (QED) is 0.311. The molecule has 0 radical (unpaired) electrons. The average Bonchev–Trinajstić information content (AvgIpc) is 2.81. The number of hydrogen-bond acceptors (Lipinski definition) is 1. The van der Waals surface area contributed by atoms with Crippen molar-refractivity contribution in [3.05, 3.63) is 29.8 Å². The molecule has 170 valence electrons. The van der Waals surface area contributed by atoms with Crippen molar-refractivity contribution in [3.63, 3.8) is 0 Å². The Kier molecular flexibility index (Phi) is 10.6. The molecule has 30 heavy (non-hydrogen) atoms. The minimum atomic E-state index is 0.885. The Balaban J connectivity index is 1.25. The normalized spacial score (nSPS) is 27.1. The van der Waals surface area contributed by atoms with Crippen LogP contribution in [0.4, 0.5) is 0 Å². The second kappa shape index (κ2) is 13.4. The number of unbranched alkanes of at least 4 members (excludes halogenated alkanes) is 1. The summed E-state index contributed by atoms with van der Waals surface area (Å²) in [4.78, 5) is 0. The summed E-state index contributed by atoms with van der Waals surface area (Å²) in [5, 5.41) is 0. The molecule has 0 amide bonds. The fraction of sp³-hybridized carbons (Fsp3) is 0.793. The molecule has 0 heterocycles. The van der Waals surface area contributed by atoms with Gasteiger partial charge in [0, 0.05) is 0 Å². The van der Waals surface area contributed by atoms with Gasteiger partial charge >= 0.3 is 0 Å². The Morgan fingerprint density at radius 3 is 1.77 bits per heavy atom. The summed E-state index contributed by atoms with van der Waals surface area (Å²) in [5.74, 6) is 5.03. The number of hydrogen-bond donors (Lipinski definition) is 0. The van der Waals surface area contributed by atoms with E-state index in [1.807, 2.05) is 0 Å². The van der Waals surface area contributed by atoms with Gasteiger partial charge in [-0.3, -0.25) is 0 Å². The molecular formula is C29H48O. The van der Waals surface area contributed by atoms with Crippen molar-refractivity contribution >= 4 is 0 Å². The van der Waals surface area contributed by atoms with Crippen molar-refractivity contribution in [2.45, 2.75) is 117 Å². The summed E-state index contributed by atoms with van der Waals surface area (Å²) in [7, 11) is 0.